The molecule has 1 aromatic carbocycles. The lowest BCUT2D eigenvalue weighted by atomic mass is 10.0. The summed E-state index contributed by atoms with van der Waals surface area (Å²) < 4.78 is 49.8. The number of thiazole rings is 1. The molecule has 2 heterocycles. The minimum Gasteiger partial charge on any atom is -0.507 e. The van der Waals surface area contributed by atoms with Crippen molar-refractivity contribution in [2.45, 2.75) is 13.1 Å². The van der Waals surface area contributed by atoms with Gasteiger partial charge in [-0.15, -0.1) is 11.3 Å². The minimum absolute atomic E-state index is 0.0736. The second-order valence-electron chi connectivity index (χ2n) is 4.72. The molecule has 0 fully saturated rings. The number of alkyl halides is 3. The molecule has 0 saturated heterocycles. The van der Waals surface area contributed by atoms with Crippen molar-refractivity contribution in [3.8, 4) is 34.1 Å². The standard InChI is InChI=1S/C15H11F3N2O3S/c1-2-22-8-3-4-9(11(21)5-8)13-12(10-6-24-7-19-10)14(20-23-13)15(16,17)18/h3-7,21H,2H2,1H3. The average molecular weight is 356 g/mol. The van der Waals surface area contributed by atoms with Crippen molar-refractivity contribution in [3.05, 3.63) is 34.8 Å². The molecule has 0 saturated carbocycles. The van der Waals surface area contributed by atoms with Crippen LogP contribution < -0.4 is 4.74 Å². The zero-order valence-electron chi connectivity index (χ0n) is 12.3. The Morgan fingerprint density at radius 3 is 2.71 bits per heavy atom. The lowest BCUT2D eigenvalue weighted by molar-refractivity contribution is -0.142. The topological polar surface area (TPSA) is 68.4 Å². The van der Waals surface area contributed by atoms with E-state index in [1.54, 1.807) is 6.92 Å². The van der Waals surface area contributed by atoms with Crippen LogP contribution in [0.1, 0.15) is 12.6 Å². The minimum atomic E-state index is -4.71. The number of hydrogen-bond donors (Lipinski definition) is 1. The number of halogens is 3. The first kappa shape index (κ1) is 16.3. The van der Waals surface area contributed by atoms with Crippen LogP contribution in [0.25, 0.3) is 22.6 Å². The van der Waals surface area contributed by atoms with E-state index in [0.29, 0.717) is 12.4 Å². The van der Waals surface area contributed by atoms with Gasteiger partial charge in [-0.05, 0) is 19.1 Å². The Morgan fingerprint density at radius 1 is 1.33 bits per heavy atom. The van der Waals surface area contributed by atoms with Crippen LogP contribution in [0.15, 0.2) is 33.6 Å². The van der Waals surface area contributed by atoms with E-state index in [9.17, 15) is 18.3 Å². The number of rotatable bonds is 4. The Labute approximate surface area is 138 Å². The Morgan fingerprint density at radius 2 is 2.12 bits per heavy atom. The fraction of sp³-hybridized carbons (Fsp3) is 0.200. The highest BCUT2D eigenvalue weighted by molar-refractivity contribution is 7.07. The summed E-state index contributed by atoms with van der Waals surface area (Å²) in [5.74, 6) is -0.0828. The summed E-state index contributed by atoms with van der Waals surface area (Å²) in [7, 11) is 0. The maximum atomic E-state index is 13.2. The highest BCUT2D eigenvalue weighted by Gasteiger charge is 2.41. The lowest BCUT2D eigenvalue weighted by Crippen LogP contribution is -2.07. The lowest BCUT2D eigenvalue weighted by Gasteiger charge is -2.08. The van der Waals surface area contributed by atoms with E-state index >= 15 is 0 Å². The molecule has 0 amide bonds. The van der Waals surface area contributed by atoms with Gasteiger partial charge in [0.25, 0.3) is 0 Å². The van der Waals surface area contributed by atoms with E-state index in [4.69, 9.17) is 9.26 Å². The van der Waals surface area contributed by atoms with Gasteiger partial charge in [0.1, 0.15) is 11.5 Å². The van der Waals surface area contributed by atoms with Crippen LogP contribution in [0.2, 0.25) is 0 Å². The van der Waals surface area contributed by atoms with Crippen LogP contribution in [0, 0.1) is 0 Å². The van der Waals surface area contributed by atoms with Gasteiger partial charge < -0.3 is 14.4 Å². The molecule has 0 spiro atoms. The molecule has 2 aromatic heterocycles. The number of aromatic nitrogens is 2. The maximum Gasteiger partial charge on any atom is 0.437 e. The second kappa shape index (κ2) is 6.16. The molecule has 0 unspecified atom stereocenters. The van der Waals surface area contributed by atoms with E-state index in [1.165, 1.54) is 29.1 Å². The molecular formula is C15H11F3N2O3S. The molecular weight excluding hydrogens is 345 g/mol. The molecule has 3 rings (SSSR count). The van der Waals surface area contributed by atoms with E-state index in [1.807, 2.05) is 0 Å². The van der Waals surface area contributed by atoms with Gasteiger partial charge in [0.15, 0.2) is 11.5 Å². The van der Waals surface area contributed by atoms with Gasteiger partial charge in [-0.3, -0.25) is 0 Å². The van der Waals surface area contributed by atoms with Gasteiger partial charge in [-0.2, -0.15) is 13.2 Å². The van der Waals surface area contributed by atoms with Gasteiger partial charge in [0, 0.05) is 11.4 Å². The normalized spacial score (nSPS) is 11.7. The third-order valence-electron chi connectivity index (χ3n) is 3.17. The fourth-order valence-electron chi connectivity index (χ4n) is 2.20. The van der Waals surface area contributed by atoms with Gasteiger partial charge >= 0.3 is 6.18 Å². The maximum absolute atomic E-state index is 13.2. The monoisotopic (exact) mass is 356 g/mol. The zero-order chi connectivity index (χ0) is 17.3. The third kappa shape index (κ3) is 2.94. The number of phenols is 1. The zero-order valence-corrected chi connectivity index (χ0v) is 13.1. The first-order valence-electron chi connectivity index (χ1n) is 6.83. The van der Waals surface area contributed by atoms with Crippen molar-refractivity contribution in [1.82, 2.24) is 10.1 Å². The van der Waals surface area contributed by atoms with Crippen molar-refractivity contribution in [2.75, 3.05) is 6.61 Å². The highest BCUT2D eigenvalue weighted by Crippen LogP contribution is 2.44. The van der Waals surface area contributed by atoms with E-state index < -0.39 is 11.9 Å². The van der Waals surface area contributed by atoms with Crippen LogP contribution in [-0.4, -0.2) is 21.9 Å². The average Bonchev–Trinajstić information content (AvgIpc) is 3.15. The van der Waals surface area contributed by atoms with Crippen LogP contribution in [0.3, 0.4) is 0 Å². The molecule has 24 heavy (non-hydrogen) atoms. The summed E-state index contributed by atoms with van der Waals surface area (Å²) in [4.78, 5) is 3.91. The van der Waals surface area contributed by atoms with E-state index in [0.717, 1.165) is 11.3 Å². The first-order valence-corrected chi connectivity index (χ1v) is 7.77. The van der Waals surface area contributed by atoms with Crippen LogP contribution in [0.5, 0.6) is 11.5 Å². The van der Waals surface area contributed by atoms with E-state index in [-0.39, 0.29) is 28.3 Å². The van der Waals surface area contributed by atoms with E-state index in [2.05, 4.69) is 10.1 Å². The molecule has 3 aromatic rings. The highest BCUT2D eigenvalue weighted by atomic mass is 32.1. The molecule has 0 radical (unpaired) electrons. The third-order valence-corrected chi connectivity index (χ3v) is 3.76. The quantitative estimate of drug-likeness (QED) is 0.741. The first-order chi connectivity index (χ1) is 11.4. The van der Waals surface area contributed by atoms with Crippen LogP contribution >= 0.6 is 11.3 Å². The summed E-state index contributed by atoms with van der Waals surface area (Å²) in [6.07, 6.45) is -4.71. The number of ether oxygens (including phenoxy) is 1. The summed E-state index contributed by atoms with van der Waals surface area (Å²) in [6.45, 7) is 2.17. The Bertz CT molecular complexity index is 844. The number of nitrogens with zero attached hydrogens (tertiary/aromatic N) is 2. The smallest absolute Gasteiger partial charge is 0.437 e. The molecule has 126 valence electrons. The summed E-state index contributed by atoms with van der Waals surface area (Å²) in [5, 5.41) is 14.7. The van der Waals surface area contributed by atoms with Crippen molar-refractivity contribution < 1.29 is 27.5 Å². The van der Waals surface area contributed by atoms with Gasteiger partial charge in [-0.1, -0.05) is 5.16 Å². The largest absolute Gasteiger partial charge is 0.507 e. The van der Waals surface area contributed by atoms with Gasteiger partial charge in [-0.25, -0.2) is 4.98 Å². The molecule has 0 aliphatic rings. The molecule has 0 atom stereocenters. The fourth-order valence-corrected chi connectivity index (χ4v) is 2.74. The Hall–Kier alpha value is -2.55. The van der Waals surface area contributed by atoms with Crippen molar-refractivity contribution in [2.24, 2.45) is 0 Å². The second-order valence-corrected chi connectivity index (χ2v) is 5.44. The number of aromatic hydroxyl groups is 1. The SMILES string of the molecule is CCOc1ccc(-c2onc(C(F)(F)F)c2-c2cscn2)c(O)c1. The molecule has 0 bridgehead atoms. The molecule has 1 N–H and O–H groups in total. The molecule has 9 heteroatoms. The number of hydrogen-bond acceptors (Lipinski definition) is 6. The van der Waals surface area contributed by atoms with Crippen LogP contribution in [-0.2, 0) is 6.18 Å². The Kier molecular flexibility index (Phi) is 4.18. The van der Waals surface area contributed by atoms with Crippen molar-refractivity contribution in [3.63, 3.8) is 0 Å². The predicted molar refractivity (Wildman–Crippen MR) is 80.9 cm³/mol. The van der Waals surface area contributed by atoms with Gasteiger partial charge in [0.05, 0.1) is 28.9 Å². The van der Waals surface area contributed by atoms with Gasteiger partial charge in [0.2, 0.25) is 0 Å². The Balaban J connectivity index is 2.17. The molecule has 5 nitrogen and oxygen atoms in total. The molecule has 0 aliphatic carbocycles. The number of benzene rings is 1. The summed E-state index contributed by atoms with van der Waals surface area (Å²) in [5.41, 5.74) is 0.0748. The summed E-state index contributed by atoms with van der Waals surface area (Å²) >= 11 is 1.14. The summed E-state index contributed by atoms with van der Waals surface area (Å²) in [6, 6.07) is 4.25. The molecule has 0 aliphatic heterocycles. The van der Waals surface area contributed by atoms with Crippen LogP contribution in [0.4, 0.5) is 13.2 Å². The number of phenolic OH excluding ortho intramolecular Hbond substituents is 1. The van der Waals surface area contributed by atoms with Crippen molar-refractivity contribution >= 4 is 11.3 Å². The van der Waals surface area contributed by atoms with Crippen molar-refractivity contribution in [1.29, 1.82) is 0 Å². The predicted octanol–water partition coefficient (Wildman–Crippen LogP) is 4.59.